The van der Waals surface area contributed by atoms with Crippen molar-refractivity contribution in [3.05, 3.63) is 52.8 Å². The number of benzene rings is 1. The van der Waals surface area contributed by atoms with Crippen LogP contribution in [-0.4, -0.2) is 51.2 Å². The molecule has 1 aromatic heterocycles. The van der Waals surface area contributed by atoms with Gasteiger partial charge in [0, 0.05) is 44.0 Å². The molecular weight excluding hydrogens is 360 g/mol. The van der Waals surface area contributed by atoms with Gasteiger partial charge >= 0.3 is 0 Å². The van der Waals surface area contributed by atoms with Crippen molar-refractivity contribution in [2.24, 2.45) is 7.05 Å². The molecule has 5 heteroatoms. The Kier molecular flexibility index (Phi) is 6.34. The highest BCUT2D eigenvalue weighted by atomic mass is 16.2. The van der Waals surface area contributed by atoms with Gasteiger partial charge in [0.25, 0.3) is 5.91 Å². The van der Waals surface area contributed by atoms with Crippen LogP contribution in [0.25, 0.3) is 0 Å². The lowest BCUT2D eigenvalue weighted by molar-refractivity contribution is 0.0784. The molecule has 1 aliphatic heterocycles. The number of amides is 1. The van der Waals surface area contributed by atoms with Crippen LogP contribution >= 0.6 is 0 Å². The summed E-state index contributed by atoms with van der Waals surface area (Å²) in [7, 11) is 2.00. The normalized spacial score (nSPS) is 19.0. The predicted octanol–water partition coefficient (Wildman–Crippen LogP) is 3.82. The first-order valence-electron chi connectivity index (χ1n) is 11.3. The molecule has 1 aromatic carbocycles. The highest BCUT2D eigenvalue weighted by Crippen LogP contribution is 2.29. The lowest BCUT2D eigenvalue weighted by atomic mass is 9.89. The largest absolute Gasteiger partial charge is 0.337 e. The summed E-state index contributed by atoms with van der Waals surface area (Å²) in [6.07, 6.45) is 7.73. The van der Waals surface area contributed by atoms with Crippen LogP contribution in [0, 0.1) is 0 Å². The monoisotopic (exact) mass is 394 g/mol. The van der Waals surface area contributed by atoms with Crippen molar-refractivity contribution in [3.8, 4) is 0 Å². The molecule has 29 heavy (non-hydrogen) atoms. The Morgan fingerprint density at radius 2 is 1.97 bits per heavy atom. The van der Waals surface area contributed by atoms with Crippen molar-refractivity contribution < 1.29 is 4.79 Å². The number of likely N-dealkylation sites (tertiary alicyclic amines) is 1. The molecule has 0 N–H and O–H groups in total. The molecular formula is C24H34N4O. The molecule has 1 saturated heterocycles. The van der Waals surface area contributed by atoms with E-state index >= 15 is 0 Å². The third kappa shape index (κ3) is 4.40. The van der Waals surface area contributed by atoms with E-state index in [2.05, 4.69) is 47.3 Å². The average Bonchev–Trinajstić information content (AvgIpc) is 3.40. The van der Waals surface area contributed by atoms with E-state index < -0.39 is 0 Å². The fraction of sp³-hybridized carbons (Fsp3) is 0.583. The minimum absolute atomic E-state index is 0.142. The Morgan fingerprint density at radius 1 is 1.21 bits per heavy atom. The van der Waals surface area contributed by atoms with Crippen LogP contribution < -0.4 is 0 Å². The zero-order chi connectivity index (χ0) is 20.2. The first kappa shape index (κ1) is 20.1. The molecule has 1 atom stereocenters. The Labute approximate surface area is 174 Å². The second-order valence-electron chi connectivity index (χ2n) is 8.60. The van der Waals surface area contributed by atoms with E-state index in [1.54, 1.807) is 0 Å². The first-order valence-corrected chi connectivity index (χ1v) is 11.3. The fourth-order valence-corrected chi connectivity index (χ4v) is 4.89. The summed E-state index contributed by atoms with van der Waals surface area (Å²) in [5.74, 6) is 0.142. The maximum atomic E-state index is 13.1. The number of unbranched alkanes of at least 4 members (excludes halogenated alkanes) is 1. The molecule has 2 aliphatic rings. The number of hydrogen-bond donors (Lipinski definition) is 0. The van der Waals surface area contributed by atoms with Gasteiger partial charge in [0.05, 0.1) is 0 Å². The lowest BCUT2D eigenvalue weighted by Gasteiger charge is -2.35. The van der Waals surface area contributed by atoms with Crippen molar-refractivity contribution in [1.82, 2.24) is 19.6 Å². The van der Waals surface area contributed by atoms with Crippen LogP contribution in [0.5, 0.6) is 0 Å². The third-order valence-corrected chi connectivity index (χ3v) is 6.57. The molecule has 2 heterocycles. The fourth-order valence-electron chi connectivity index (χ4n) is 4.89. The van der Waals surface area contributed by atoms with Crippen LogP contribution in [0.4, 0.5) is 0 Å². The zero-order valence-corrected chi connectivity index (χ0v) is 17.9. The summed E-state index contributed by atoms with van der Waals surface area (Å²) in [5.41, 5.74) is 4.55. The number of aromatic nitrogens is 2. The predicted molar refractivity (Wildman–Crippen MR) is 116 cm³/mol. The van der Waals surface area contributed by atoms with Crippen molar-refractivity contribution in [3.63, 3.8) is 0 Å². The molecule has 1 aliphatic carbocycles. The summed E-state index contributed by atoms with van der Waals surface area (Å²) in [5, 5.41) is 4.68. The van der Waals surface area contributed by atoms with E-state index in [1.807, 2.05) is 16.6 Å². The van der Waals surface area contributed by atoms with Gasteiger partial charge in [-0.05, 0) is 50.6 Å². The summed E-state index contributed by atoms with van der Waals surface area (Å²) in [6.45, 7) is 6.11. The Morgan fingerprint density at radius 3 is 2.69 bits per heavy atom. The number of hydrogen-bond acceptors (Lipinski definition) is 3. The van der Waals surface area contributed by atoms with Crippen molar-refractivity contribution >= 4 is 5.91 Å². The summed E-state index contributed by atoms with van der Waals surface area (Å²) in [6, 6.07) is 11.3. The number of fused-ring (bicyclic) bond motifs is 1. The van der Waals surface area contributed by atoms with E-state index in [9.17, 15) is 4.79 Å². The van der Waals surface area contributed by atoms with Gasteiger partial charge in [-0.1, -0.05) is 43.7 Å². The molecule has 0 bridgehead atoms. The lowest BCUT2D eigenvalue weighted by Crippen LogP contribution is -2.40. The molecule has 1 fully saturated rings. The van der Waals surface area contributed by atoms with Gasteiger partial charge in [0.2, 0.25) is 0 Å². The van der Waals surface area contributed by atoms with E-state index in [1.165, 1.54) is 29.7 Å². The molecule has 1 amide bonds. The van der Waals surface area contributed by atoms with Crippen molar-refractivity contribution in [2.45, 2.75) is 64.5 Å². The van der Waals surface area contributed by atoms with Gasteiger partial charge in [-0.25, -0.2) is 0 Å². The van der Waals surface area contributed by atoms with Gasteiger partial charge in [-0.15, -0.1) is 0 Å². The summed E-state index contributed by atoms with van der Waals surface area (Å²) < 4.78 is 1.96. The Balaban J connectivity index is 1.55. The van der Waals surface area contributed by atoms with Crippen LogP contribution in [0.15, 0.2) is 30.3 Å². The SMILES string of the molecule is CCCCN(Cc1ccccc1)[C@@H]1CCc2c(c(C(=O)N3CCCC3)nn2C)C1. The van der Waals surface area contributed by atoms with Gasteiger partial charge < -0.3 is 4.90 Å². The van der Waals surface area contributed by atoms with Crippen molar-refractivity contribution in [1.29, 1.82) is 0 Å². The van der Waals surface area contributed by atoms with Gasteiger partial charge in [-0.3, -0.25) is 14.4 Å². The zero-order valence-electron chi connectivity index (χ0n) is 17.9. The molecule has 4 rings (SSSR count). The summed E-state index contributed by atoms with van der Waals surface area (Å²) in [4.78, 5) is 17.7. The van der Waals surface area contributed by atoms with E-state index in [-0.39, 0.29) is 5.91 Å². The minimum Gasteiger partial charge on any atom is -0.337 e. The molecule has 0 unspecified atom stereocenters. The van der Waals surface area contributed by atoms with Crippen LogP contribution in [0.3, 0.4) is 0 Å². The van der Waals surface area contributed by atoms with Crippen molar-refractivity contribution in [2.75, 3.05) is 19.6 Å². The third-order valence-electron chi connectivity index (χ3n) is 6.57. The van der Waals surface area contributed by atoms with Gasteiger partial charge in [-0.2, -0.15) is 5.10 Å². The number of rotatable bonds is 7. The number of carbonyl (C=O) groups is 1. The second kappa shape index (κ2) is 9.12. The average molecular weight is 395 g/mol. The molecule has 0 saturated carbocycles. The van der Waals surface area contributed by atoms with Crippen LogP contribution in [0.1, 0.15) is 66.3 Å². The molecule has 5 nitrogen and oxygen atoms in total. The topological polar surface area (TPSA) is 41.4 Å². The number of carbonyl (C=O) groups excluding carboxylic acids is 1. The standard InChI is InChI=1S/C24H34N4O/c1-3-4-14-28(18-19-10-6-5-7-11-19)20-12-13-22-21(17-20)23(25-26(22)2)24(29)27-15-8-9-16-27/h5-7,10-11,20H,3-4,8-9,12-18H2,1-2H3/t20-/m1/s1. The molecule has 156 valence electrons. The molecule has 0 radical (unpaired) electrons. The summed E-state index contributed by atoms with van der Waals surface area (Å²) >= 11 is 0. The number of nitrogens with zero attached hydrogens (tertiary/aromatic N) is 4. The highest BCUT2D eigenvalue weighted by Gasteiger charge is 2.33. The second-order valence-corrected chi connectivity index (χ2v) is 8.60. The van der Waals surface area contributed by atoms with Crippen LogP contribution in [-0.2, 0) is 26.4 Å². The maximum absolute atomic E-state index is 13.1. The Hall–Kier alpha value is -2.14. The van der Waals surface area contributed by atoms with Crippen LogP contribution in [0.2, 0.25) is 0 Å². The van der Waals surface area contributed by atoms with E-state index in [4.69, 9.17) is 0 Å². The maximum Gasteiger partial charge on any atom is 0.274 e. The quantitative estimate of drug-likeness (QED) is 0.717. The van der Waals surface area contributed by atoms with E-state index in [0.29, 0.717) is 11.7 Å². The van der Waals surface area contributed by atoms with Gasteiger partial charge in [0.1, 0.15) is 0 Å². The highest BCUT2D eigenvalue weighted by molar-refractivity contribution is 5.94. The number of aryl methyl sites for hydroxylation is 1. The van der Waals surface area contributed by atoms with E-state index in [0.717, 1.165) is 58.3 Å². The van der Waals surface area contributed by atoms with Gasteiger partial charge in [0.15, 0.2) is 5.69 Å². The smallest absolute Gasteiger partial charge is 0.274 e. The minimum atomic E-state index is 0.142. The first-order chi connectivity index (χ1) is 14.2. The Bertz CT molecular complexity index is 823. The molecule has 0 spiro atoms. The molecule has 2 aromatic rings.